The maximum atomic E-state index is 12.2. The number of anilines is 1. The van der Waals surface area contributed by atoms with Crippen molar-refractivity contribution >= 4 is 17.6 Å². The van der Waals surface area contributed by atoms with Crippen LogP contribution in [0, 0.1) is 6.92 Å². The van der Waals surface area contributed by atoms with E-state index < -0.39 is 12.1 Å². The molecule has 0 aliphatic rings. The number of rotatable bonds is 7. The minimum Gasteiger partial charge on any atom is -0.497 e. The molecule has 0 aromatic heterocycles. The zero-order chi connectivity index (χ0) is 19.1. The molecule has 0 saturated carbocycles. The molecule has 0 aliphatic carbocycles. The second kappa shape index (κ2) is 8.89. The van der Waals surface area contributed by atoms with Crippen molar-refractivity contribution in [3.05, 3.63) is 59.2 Å². The van der Waals surface area contributed by atoms with Crippen LogP contribution in [0.3, 0.4) is 0 Å². The number of carbonyl (C=O) groups is 2. The number of nitrogens with two attached hydrogens (primary N) is 1. The average Bonchev–Trinajstić information content (AvgIpc) is 2.64. The molecule has 2 aromatic carbocycles. The molecule has 6 nitrogen and oxygen atoms in total. The molecule has 26 heavy (non-hydrogen) atoms. The van der Waals surface area contributed by atoms with Crippen molar-refractivity contribution in [3.63, 3.8) is 0 Å². The summed E-state index contributed by atoms with van der Waals surface area (Å²) in [4.78, 5) is 24.3. The van der Waals surface area contributed by atoms with Gasteiger partial charge in [0.2, 0.25) is 0 Å². The van der Waals surface area contributed by atoms with Gasteiger partial charge in [0.05, 0.1) is 12.7 Å². The highest BCUT2D eigenvalue weighted by atomic mass is 16.5. The standard InChI is InChI=1S/C20H24N2O4/c1-13-5-4-6-17(18(13)21)20(24)26-14(2)19(23)22-12-11-15-7-9-16(25-3)10-8-15/h4-10,14H,11-12,21H2,1-3H3,(H,22,23)/t14-/m1/s1. The van der Waals surface area contributed by atoms with Gasteiger partial charge in [-0.1, -0.05) is 24.3 Å². The first kappa shape index (κ1) is 19.3. The fourth-order valence-electron chi connectivity index (χ4n) is 2.40. The molecule has 0 aliphatic heterocycles. The summed E-state index contributed by atoms with van der Waals surface area (Å²) in [6.07, 6.45) is -0.236. The minimum atomic E-state index is -0.904. The Hall–Kier alpha value is -3.02. The van der Waals surface area contributed by atoms with E-state index in [-0.39, 0.29) is 11.5 Å². The molecule has 2 rings (SSSR count). The zero-order valence-electron chi connectivity index (χ0n) is 15.2. The third-order valence-electron chi connectivity index (χ3n) is 4.07. The number of amides is 1. The number of nitrogens with one attached hydrogen (secondary N) is 1. The topological polar surface area (TPSA) is 90.6 Å². The van der Waals surface area contributed by atoms with Crippen LogP contribution in [-0.2, 0) is 16.0 Å². The van der Waals surface area contributed by atoms with Crippen molar-refractivity contribution in [2.75, 3.05) is 19.4 Å². The molecule has 0 fully saturated rings. The van der Waals surface area contributed by atoms with Crippen LogP contribution < -0.4 is 15.8 Å². The van der Waals surface area contributed by atoms with Crippen LogP contribution >= 0.6 is 0 Å². The molecule has 6 heteroatoms. The second-order valence-corrected chi connectivity index (χ2v) is 5.97. The van der Waals surface area contributed by atoms with Crippen LogP contribution in [0.1, 0.15) is 28.4 Å². The molecule has 0 unspecified atom stereocenters. The van der Waals surface area contributed by atoms with Crippen molar-refractivity contribution in [3.8, 4) is 5.75 Å². The molecule has 0 spiro atoms. The zero-order valence-corrected chi connectivity index (χ0v) is 15.2. The third kappa shape index (κ3) is 4.99. The number of hydrogen-bond acceptors (Lipinski definition) is 5. The number of hydrogen-bond donors (Lipinski definition) is 2. The number of para-hydroxylation sites is 1. The molecule has 0 radical (unpaired) electrons. The number of methoxy groups -OCH3 is 1. The number of carbonyl (C=O) groups excluding carboxylic acids is 2. The summed E-state index contributed by atoms with van der Waals surface area (Å²) >= 11 is 0. The summed E-state index contributed by atoms with van der Waals surface area (Å²) in [5.41, 5.74) is 8.38. The van der Waals surface area contributed by atoms with Gasteiger partial charge in [-0.2, -0.15) is 0 Å². The molecule has 0 bridgehead atoms. The second-order valence-electron chi connectivity index (χ2n) is 5.97. The van der Waals surface area contributed by atoms with E-state index in [1.54, 1.807) is 32.2 Å². The van der Waals surface area contributed by atoms with E-state index in [9.17, 15) is 9.59 Å². The molecule has 0 heterocycles. The largest absolute Gasteiger partial charge is 0.497 e. The van der Waals surface area contributed by atoms with Gasteiger partial charge in [-0.15, -0.1) is 0 Å². The monoisotopic (exact) mass is 356 g/mol. The Balaban J connectivity index is 1.83. The Morgan fingerprint density at radius 2 is 1.85 bits per heavy atom. The summed E-state index contributed by atoms with van der Waals surface area (Å²) in [5, 5.41) is 2.76. The Bertz CT molecular complexity index is 772. The maximum Gasteiger partial charge on any atom is 0.341 e. The van der Waals surface area contributed by atoms with Gasteiger partial charge < -0.3 is 20.5 Å². The van der Waals surface area contributed by atoms with Gasteiger partial charge in [-0.25, -0.2) is 4.79 Å². The first-order chi connectivity index (χ1) is 12.4. The van der Waals surface area contributed by atoms with Crippen molar-refractivity contribution in [1.82, 2.24) is 5.32 Å². The summed E-state index contributed by atoms with van der Waals surface area (Å²) in [7, 11) is 1.61. The first-order valence-electron chi connectivity index (χ1n) is 8.39. The SMILES string of the molecule is COc1ccc(CCNC(=O)[C@@H](C)OC(=O)c2cccc(C)c2N)cc1. The molecule has 1 atom stereocenters. The number of aryl methyl sites for hydroxylation is 1. The van der Waals surface area contributed by atoms with Crippen LogP contribution in [0.2, 0.25) is 0 Å². The highest BCUT2D eigenvalue weighted by Gasteiger charge is 2.20. The van der Waals surface area contributed by atoms with E-state index in [1.165, 1.54) is 6.92 Å². The minimum absolute atomic E-state index is 0.267. The van der Waals surface area contributed by atoms with Crippen molar-refractivity contribution < 1.29 is 19.1 Å². The number of nitrogen functional groups attached to an aromatic ring is 1. The van der Waals surface area contributed by atoms with Gasteiger partial charge in [0.1, 0.15) is 5.75 Å². The van der Waals surface area contributed by atoms with Crippen LogP contribution in [0.5, 0.6) is 5.75 Å². The third-order valence-corrected chi connectivity index (χ3v) is 4.07. The summed E-state index contributed by atoms with van der Waals surface area (Å²) in [6, 6.07) is 12.7. The van der Waals surface area contributed by atoms with E-state index in [1.807, 2.05) is 24.3 Å². The van der Waals surface area contributed by atoms with Crippen molar-refractivity contribution in [1.29, 1.82) is 0 Å². The maximum absolute atomic E-state index is 12.2. The number of esters is 1. The molecule has 2 aromatic rings. The average molecular weight is 356 g/mol. The number of benzene rings is 2. The van der Waals surface area contributed by atoms with Crippen LogP contribution in [-0.4, -0.2) is 31.6 Å². The van der Waals surface area contributed by atoms with Gasteiger partial charge in [0.15, 0.2) is 6.10 Å². The Morgan fingerprint density at radius 1 is 1.15 bits per heavy atom. The van der Waals surface area contributed by atoms with Gasteiger partial charge in [0.25, 0.3) is 5.91 Å². The normalized spacial score (nSPS) is 11.5. The predicted molar refractivity (Wildman–Crippen MR) is 100 cm³/mol. The van der Waals surface area contributed by atoms with E-state index in [2.05, 4.69) is 5.32 Å². The van der Waals surface area contributed by atoms with Gasteiger partial charge in [-0.05, 0) is 49.6 Å². The number of ether oxygens (including phenoxy) is 2. The molecule has 1 amide bonds. The van der Waals surface area contributed by atoms with E-state index in [0.29, 0.717) is 18.7 Å². The van der Waals surface area contributed by atoms with E-state index >= 15 is 0 Å². The van der Waals surface area contributed by atoms with Crippen LogP contribution in [0.25, 0.3) is 0 Å². The Morgan fingerprint density at radius 3 is 2.50 bits per heavy atom. The van der Waals surface area contributed by atoms with E-state index in [0.717, 1.165) is 16.9 Å². The highest BCUT2D eigenvalue weighted by Crippen LogP contribution is 2.18. The summed E-state index contributed by atoms with van der Waals surface area (Å²) in [6.45, 7) is 3.79. The lowest BCUT2D eigenvalue weighted by atomic mass is 10.1. The van der Waals surface area contributed by atoms with Crippen LogP contribution in [0.15, 0.2) is 42.5 Å². The lowest BCUT2D eigenvalue weighted by Crippen LogP contribution is -2.37. The lowest BCUT2D eigenvalue weighted by molar-refractivity contribution is -0.129. The van der Waals surface area contributed by atoms with Crippen LogP contribution in [0.4, 0.5) is 5.69 Å². The first-order valence-corrected chi connectivity index (χ1v) is 8.39. The van der Waals surface area contributed by atoms with Gasteiger partial charge in [-0.3, -0.25) is 4.79 Å². The fourth-order valence-corrected chi connectivity index (χ4v) is 2.40. The van der Waals surface area contributed by atoms with Gasteiger partial charge in [0, 0.05) is 12.2 Å². The van der Waals surface area contributed by atoms with Crippen molar-refractivity contribution in [2.24, 2.45) is 0 Å². The molecule has 3 N–H and O–H groups in total. The molecular weight excluding hydrogens is 332 g/mol. The van der Waals surface area contributed by atoms with Crippen molar-refractivity contribution in [2.45, 2.75) is 26.4 Å². The van der Waals surface area contributed by atoms with Gasteiger partial charge >= 0.3 is 5.97 Å². The molecule has 138 valence electrons. The predicted octanol–water partition coefficient (Wildman–Crippen LogP) is 2.49. The fraction of sp³-hybridized carbons (Fsp3) is 0.300. The summed E-state index contributed by atoms with van der Waals surface area (Å²) < 4.78 is 10.3. The molecular formula is C20H24N2O4. The molecule has 0 saturated heterocycles. The Kier molecular flexibility index (Phi) is 6.60. The highest BCUT2D eigenvalue weighted by molar-refractivity contribution is 5.97. The van der Waals surface area contributed by atoms with E-state index in [4.69, 9.17) is 15.2 Å². The quantitative estimate of drug-likeness (QED) is 0.587. The smallest absolute Gasteiger partial charge is 0.341 e. The lowest BCUT2D eigenvalue weighted by Gasteiger charge is -2.15. The Labute approximate surface area is 153 Å². The summed E-state index contributed by atoms with van der Waals surface area (Å²) in [5.74, 6) is -0.171.